The molecule has 0 aliphatic carbocycles. The first-order valence-electron chi connectivity index (χ1n) is 10.5. The van der Waals surface area contributed by atoms with Crippen molar-refractivity contribution in [2.45, 2.75) is 13.5 Å². The van der Waals surface area contributed by atoms with Crippen molar-refractivity contribution in [2.75, 3.05) is 6.61 Å². The molecular weight excluding hydrogens is 566 g/mol. The number of benzene rings is 3. The Labute approximate surface area is 213 Å². The van der Waals surface area contributed by atoms with Crippen molar-refractivity contribution in [1.29, 1.82) is 5.26 Å². The molecule has 8 nitrogen and oxygen atoms in total. The van der Waals surface area contributed by atoms with Gasteiger partial charge in [0.1, 0.15) is 24.3 Å². The Kier molecular flexibility index (Phi) is 7.26. The van der Waals surface area contributed by atoms with Crippen molar-refractivity contribution in [1.82, 2.24) is 9.97 Å². The maximum atomic E-state index is 13.5. The maximum Gasteiger partial charge on any atom is 0.269 e. The van der Waals surface area contributed by atoms with Crippen molar-refractivity contribution in [3.05, 3.63) is 91.1 Å². The lowest BCUT2D eigenvalue weighted by Crippen LogP contribution is -2.02. The van der Waals surface area contributed by atoms with Gasteiger partial charge in [-0.3, -0.25) is 10.1 Å². The molecule has 0 atom stereocenters. The van der Waals surface area contributed by atoms with Gasteiger partial charge < -0.3 is 14.5 Å². The van der Waals surface area contributed by atoms with E-state index in [4.69, 9.17) is 9.47 Å². The Hall–Kier alpha value is -3.98. The summed E-state index contributed by atoms with van der Waals surface area (Å²) in [6, 6.07) is 16.1. The van der Waals surface area contributed by atoms with Crippen LogP contribution in [0.15, 0.2) is 54.6 Å². The lowest BCUT2D eigenvalue weighted by Gasteiger charge is -2.15. The molecule has 176 valence electrons. The number of nitro groups is 1. The summed E-state index contributed by atoms with van der Waals surface area (Å²) in [4.78, 5) is 17.8. The van der Waals surface area contributed by atoms with Gasteiger partial charge in [-0.2, -0.15) is 5.26 Å². The van der Waals surface area contributed by atoms with Crippen LogP contribution in [0.5, 0.6) is 11.5 Å². The van der Waals surface area contributed by atoms with E-state index >= 15 is 0 Å². The summed E-state index contributed by atoms with van der Waals surface area (Å²) in [5.41, 5.74) is 2.81. The minimum Gasteiger partial charge on any atom is -0.490 e. The van der Waals surface area contributed by atoms with Crippen molar-refractivity contribution in [3.63, 3.8) is 0 Å². The van der Waals surface area contributed by atoms with Gasteiger partial charge >= 0.3 is 0 Å². The number of hydrogen-bond acceptors (Lipinski definition) is 6. The number of halogens is 2. The number of H-pyrrole nitrogens is 1. The lowest BCUT2D eigenvalue weighted by atomic mass is 10.1. The molecule has 3 aromatic carbocycles. The molecule has 4 rings (SSSR count). The van der Waals surface area contributed by atoms with Gasteiger partial charge in [-0.15, -0.1) is 0 Å². The molecule has 4 aromatic rings. The fraction of sp³-hybridized carbons (Fsp3) is 0.120. The van der Waals surface area contributed by atoms with Crippen LogP contribution in [0.3, 0.4) is 0 Å². The third-order valence-electron chi connectivity index (χ3n) is 4.99. The Balaban J connectivity index is 1.62. The van der Waals surface area contributed by atoms with E-state index in [2.05, 4.69) is 38.6 Å². The zero-order valence-electron chi connectivity index (χ0n) is 18.4. The number of nitriles is 1. The van der Waals surface area contributed by atoms with Crippen LogP contribution < -0.4 is 9.47 Å². The smallest absolute Gasteiger partial charge is 0.269 e. The van der Waals surface area contributed by atoms with Gasteiger partial charge in [-0.1, -0.05) is 0 Å². The molecule has 0 spiro atoms. The van der Waals surface area contributed by atoms with Crippen LogP contribution in [0.1, 0.15) is 23.9 Å². The highest BCUT2D eigenvalue weighted by molar-refractivity contribution is 14.1. The van der Waals surface area contributed by atoms with E-state index in [1.165, 1.54) is 24.3 Å². The molecule has 1 heterocycles. The second-order valence-corrected chi connectivity index (χ2v) is 8.55. The van der Waals surface area contributed by atoms with Crippen molar-refractivity contribution in [2.24, 2.45) is 0 Å². The Bertz CT molecular complexity index is 1480. The molecule has 1 aromatic heterocycles. The molecule has 10 heteroatoms. The molecule has 0 aliphatic rings. The van der Waals surface area contributed by atoms with Gasteiger partial charge in [0.2, 0.25) is 0 Å². The minimum atomic E-state index is -0.452. The summed E-state index contributed by atoms with van der Waals surface area (Å²) in [5.74, 6) is 0.965. The van der Waals surface area contributed by atoms with E-state index < -0.39 is 10.7 Å². The molecule has 0 fully saturated rings. The molecule has 0 aliphatic heterocycles. The second kappa shape index (κ2) is 10.5. The number of allylic oxidation sites excluding steroid dienone is 1. The number of nitro benzene ring substituents is 1. The largest absolute Gasteiger partial charge is 0.490 e. The first-order valence-corrected chi connectivity index (χ1v) is 11.6. The van der Waals surface area contributed by atoms with Gasteiger partial charge in [0.05, 0.1) is 31.7 Å². The van der Waals surface area contributed by atoms with E-state index in [1.807, 2.05) is 13.0 Å². The fourth-order valence-corrected chi connectivity index (χ4v) is 4.15. The van der Waals surface area contributed by atoms with Crippen molar-refractivity contribution < 1.29 is 18.8 Å². The average molecular weight is 584 g/mol. The average Bonchev–Trinajstić information content (AvgIpc) is 3.25. The molecule has 0 radical (unpaired) electrons. The summed E-state index contributed by atoms with van der Waals surface area (Å²) in [6.45, 7) is 2.45. The van der Waals surface area contributed by atoms with E-state index in [0.29, 0.717) is 40.5 Å². The molecule has 1 N–H and O–H groups in total. The zero-order valence-corrected chi connectivity index (χ0v) is 20.6. The number of hydrogen-bond donors (Lipinski definition) is 1. The number of rotatable bonds is 8. The molecular formula is C25H18FIN4O4. The van der Waals surface area contributed by atoms with Gasteiger partial charge in [0, 0.05) is 12.1 Å². The molecule has 0 saturated carbocycles. The summed E-state index contributed by atoms with van der Waals surface area (Å²) >= 11 is 2.12. The number of fused-ring (bicyclic) bond motifs is 1. The topological polar surface area (TPSA) is 114 Å². The first kappa shape index (κ1) is 24.2. The van der Waals surface area contributed by atoms with Gasteiger partial charge in [0.25, 0.3) is 5.69 Å². The van der Waals surface area contributed by atoms with Crippen LogP contribution in [0.25, 0.3) is 22.7 Å². The summed E-state index contributed by atoms with van der Waals surface area (Å²) in [7, 11) is 0. The van der Waals surface area contributed by atoms with Gasteiger partial charge in [-0.25, -0.2) is 9.37 Å². The summed E-state index contributed by atoms with van der Waals surface area (Å²) in [5, 5.41) is 20.6. The van der Waals surface area contributed by atoms with E-state index in [9.17, 15) is 19.8 Å². The lowest BCUT2D eigenvalue weighted by molar-refractivity contribution is -0.384. The van der Waals surface area contributed by atoms with E-state index in [1.54, 1.807) is 30.3 Å². The number of ether oxygens (including phenoxy) is 2. The number of aromatic nitrogens is 2. The number of non-ortho nitro benzene ring substituents is 1. The predicted molar refractivity (Wildman–Crippen MR) is 137 cm³/mol. The highest BCUT2D eigenvalue weighted by Crippen LogP contribution is 2.36. The predicted octanol–water partition coefficient (Wildman–Crippen LogP) is 6.26. The number of nitrogens with zero attached hydrogens (tertiary/aromatic N) is 3. The molecule has 0 saturated heterocycles. The van der Waals surface area contributed by atoms with Gasteiger partial charge in [0.15, 0.2) is 11.5 Å². The van der Waals surface area contributed by atoms with Crippen LogP contribution in [-0.2, 0) is 6.61 Å². The van der Waals surface area contributed by atoms with E-state index in [-0.39, 0.29) is 17.9 Å². The molecule has 35 heavy (non-hydrogen) atoms. The number of aromatic amines is 1. The molecule has 0 amide bonds. The zero-order chi connectivity index (χ0) is 24.9. The fourth-order valence-electron chi connectivity index (χ4n) is 3.37. The third-order valence-corrected chi connectivity index (χ3v) is 5.79. The monoisotopic (exact) mass is 584 g/mol. The molecule has 0 bridgehead atoms. The second-order valence-electron chi connectivity index (χ2n) is 7.39. The third kappa shape index (κ3) is 5.58. The Morgan fingerprint density at radius 1 is 1.23 bits per heavy atom. The van der Waals surface area contributed by atoms with Crippen molar-refractivity contribution >= 4 is 51.0 Å². The number of imidazole rings is 1. The highest BCUT2D eigenvalue weighted by atomic mass is 127. The minimum absolute atomic E-state index is 0.0114. The summed E-state index contributed by atoms with van der Waals surface area (Å²) in [6.07, 6.45) is 1.67. The number of nitrogens with one attached hydrogen (secondary N) is 1. The van der Waals surface area contributed by atoms with Crippen LogP contribution in [0.4, 0.5) is 10.1 Å². The highest BCUT2D eigenvalue weighted by Gasteiger charge is 2.15. The van der Waals surface area contributed by atoms with Crippen LogP contribution >= 0.6 is 22.6 Å². The van der Waals surface area contributed by atoms with E-state index in [0.717, 1.165) is 9.13 Å². The van der Waals surface area contributed by atoms with Gasteiger partial charge in [-0.05, 0) is 89.2 Å². The van der Waals surface area contributed by atoms with Crippen LogP contribution in [-0.4, -0.2) is 21.5 Å². The van der Waals surface area contributed by atoms with Crippen LogP contribution in [0.2, 0.25) is 0 Å². The van der Waals surface area contributed by atoms with Crippen LogP contribution in [0, 0.1) is 30.8 Å². The van der Waals surface area contributed by atoms with Crippen molar-refractivity contribution in [3.8, 4) is 17.6 Å². The standard InChI is InChI=1S/C25H18FIN4O4/c1-2-34-23-11-16(9-17(13-28)25-29-21-8-5-18(26)12-22(21)30-25)10-20(27)24(23)35-14-15-3-6-19(7-4-15)31(32)33/h3-12H,2,14H2,1H3,(H,29,30)/b17-9-. The Morgan fingerprint density at radius 3 is 2.69 bits per heavy atom. The normalized spacial score (nSPS) is 11.3. The SMILES string of the molecule is CCOc1cc(/C=C(/C#N)c2nc3ccc(F)cc3[nH]2)cc(I)c1OCc1ccc([N+](=O)[O-])cc1. The quantitative estimate of drug-likeness (QED) is 0.113. The summed E-state index contributed by atoms with van der Waals surface area (Å²) < 4.78 is 26.0. The maximum absolute atomic E-state index is 13.5. The Morgan fingerprint density at radius 2 is 2.00 bits per heavy atom. The first-order chi connectivity index (χ1) is 16.9. The molecule has 0 unspecified atom stereocenters.